The number of fused-ring (bicyclic) bond motifs is 1. The normalized spacial score (nSPS) is 16.7. The highest BCUT2D eigenvalue weighted by Gasteiger charge is 2.43. The van der Waals surface area contributed by atoms with E-state index in [0.717, 1.165) is 11.6 Å². The third-order valence-corrected chi connectivity index (χ3v) is 6.16. The van der Waals surface area contributed by atoms with Gasteiger partial charge in [-0.15, -0.1) is 0 Å². The lowest BCUT2D eigenvalue weighted by Gasteiger charge is -2.29. The Kier molecular flexibility index (Phi) is 6.74. The number of primary amides is 1. The fourth-order valence-corrected chi connectivity index (χ4v) is 4.63. The van der Waals surface area contributed by atoms with E-state index < -0.39 is 23.1 Å². The predicted octanol–water partition coefficient (Wildman–Crippen LogP) is 3.81. The van der Waals surface area contributed by atoms with E-state index in [1.54, 1.807) is 7.05 Å². The number of likely N-dealkylation sites (N-methyl/N-ethyl adjacent to an activating group) is 1. The van der Waals surface area contributed by atoms with Gasteiger partial charge in [0.05, 0.1) is 17.2 Å². The highest BCUT2D eigenvalue weighted by molar-refractivity contribution is 6.34. The zero-order valence-corrected chi connectivity index (χ0v) is 19.1. The van der Waals surface area contributed by atoms with Crippen LogP contribution >= 0.6 is 11.6 Å². The van der Waals surface area contributed by atoms with Crippen molar-refractivity contribution in [2.75, 3.05) is 26.8 Å². The maximum atomic E-state index is 15.7. The predicted molar refractivity (Wildman–Crippen MR) is 124 cm³/mol. The SMILES string of the molecule is CNCC1(c2ccccc2)Cc2c(cc(F)c(Cl)c2-c2c(C(N)=O)ccc(OCCO)c2F)O1. The Labute approximate surface area is 200 Å². The van der Waals surface area contributed by atoms with E-state index in [-0.39, 0.29) is 52.8 Å². The minimum atomic E-state index is -0.940. The van der Waals surface area contributed by atoms with Crippen molar-refractivity contribution >= 4 is 17.5 Å². The molecule has 0 spiro atoms. The molecule has 1 heterocycles. The maximum Gasteiger partial charge on any atom is 0.249 e. The first-order valence-electron chi connectivity index (χ1n) is 10.6. The smallest absolute Gasteiger partial charge is 0.249 e. The monoisotopic (exact) mass is 488 g/mol. The summed E-state index contributed by atoms with van der Waals surface area (Å²) < 4.78 is 42.3. The fraction of sp³-hybridized carbons (Fsp3) is 0.240. The highest BCUT2D eigenvalue weighted by Crippen LogP contribution is 2.50. The molecule has 0 bridgehead atoms. The summed E-state index contributed by atoms with van der Waals surface area (Å²) in [6, 6.07) is 13.0. The van der Waals surface area contributed by atoms with Crippen molar-refractivity contribution < 1.29 is 28.2 Å². The van der Waals surface area contributed by atoms with Gasteiger partial charge in [-0.3, -0.25) is 4.79 Å². The molecule has 9 heteroatoms. The van der Waals surface area contributed by atoms with Gasteiger partial charge in [-0.25, -0.2) is 8.78 Å². The van der Waals surface area contributed by atoms with Gasteiger partial charge >= 0.3 is 0 Å². The minimum absolute atomic E-state index is 0.0219. The standard InChI is InChI=1S/C25H23ClF2N2O4/c1-30-13-25(14-5-3-2-4-6-14)12-16-19(34-25)11-17(27)22(26)20(16)21-15(24(29)32)7-8-18(23(21)28)33-10-9-31/h2-8,11,30-31H,9-10,12-13H2,1H3,(H2,29,32). The van der Waals surface area contributed by atoms with Crippen LogP contribution in [0.5, 0.6) is 11.5 Å². The summed E-state index contributed by atoms with van der Waals surface area (Å²) in [4.78, 5) is 12.2. The van der Waals surface area contributed by atoms with Gasteiger partial charge in [-0.05, 0) is 24.7 Å². The molecule has 0 saturated carbocycles. The summed E-state index contributed by atoms with van der Waals surface area (Å²) in [6.45, 7) is -0.154. The zero-order valence-electron chi connectivity index (χ0n) is 18.3. The second-order valence-corrected chi connectivity index (χ2v) is 8.31. The van der Waals surface area contributed by atoms with Gasteiger partial charge in [-0.2, -0.15) is 0 Å². The molecule has 0 saturated heterocycles. The molecule has 4 rings (SSSR count). The first-order chi connectivity index (χ1) is 16.3. The molecule has 0 fully saturated rings. The van der Waals surface area contributed by atoms with Gasteiger partial charge in [-0.1, -0.05) is 41.9 Å². The lowest BCUT2D eigenvalue weighted by atomic mass is 9.85. The van der Waals surface area contributed by atoms with E-state index in [9.17, 15) is 9.18 Å². The van der Waals surface area contributed by atoms with Crippen molar-refractivity contribution in [3.05, 3.63) is 81.9 Å². The second-order valence-electron chi connectivity index (χ2n) is 7.93. The van der Waals surface area contributed by atoms with Crippen LogP contribution in [-0.4, -0.2) is 37.8 Å². The van der Waals surface area contributed by atoms with Crippen LogP contribution in [0.4, 0.5) is 8.78 Å². The molecule has 1 amide bonds. The molecular formula is C25H23ClF2N2O4. The number of hydrogen-bond acceptors (Lipinski definition) is 5. The van der Waals surface area contributed by atoms with E-state index in [2.05, 4.69) is 5.32 Å². The number of halogens is 3. The van der Waals surface area contributed by atoms with Crippen LogP contribution < -0.4 is 20.5 Å². The second kappa shape index (κ2) is 9.58. The van der Waals surface area contributed by atoms with Gasteiger partial charge in [0.1, 0.15) is 18.2 Å². The Balaban J connectivity index is 1.97. The number of carbonyl (C=O) groups excluding carboxylic acids is 1. The number of amides is 1. The van der Waals surface area contributed by atoms with Crippen LogP contribution in [0.15, 0.2) is 48.5 Å². The average molecular weight is 489 g/mol. The number of rotatable bonds is 8. The van der Waals surface area contributed by atoms with Crippen molar-refractivity contribution in [1.29, 1.82) is 0 Å². The fourth-order valence-electron chi connectivity index (χ4n) is 4.36. The van der Waals surface area contributed by atoms with Gasteiger partial charge < -0.3 is 25.6 Å². The summed E-state index contributed by atoms with van der Waals surface area (Å²) in [5.74, 6) is -2.73. The summed E-state index contributed by atoms with van der Waals surface area (Å²) in [5.41, 5.74) is 5.40. The van der Waals surface area contributed by atoms with Crippen molar-refractivity contribution in [2.45, 2.75) is 12.0 Å². The van der Waals surface area contributed by atoms with Gasteiger partial charge in [0.25, 0.3) is 0 Å². The van der Waals surface area contributed by atoms with E-state index in [0.29, 0.717) is 12.1 Å². The van der Waals surface area contributed by atoms with E-state index in [1.165, 1.54) is 12.1 Å². The minimum Gasteiger partial charge on any atom is -0.488 e. The molecule has 4 N–H and O–H groups in total. The molecule has 3 aromatic carbocycles. The van der Waals surface area contributed by atoms with Gasteiger partial charge in [0, 0.05) is 35.7 Å². The number of benzene rings is 3. The van der Waals surface area contributed by atoms with E-state index in [4.69, 9.17) is 31.9 Å². The molecule has 34 heavy (non-hydrogen) atoms. The lowest BCUT2D eigenvalue weighted by molar-refractivity contribution is 0.0940. The number of aliphatic hydroxyl groups excluding tert-OH is 1. The molecule has 1 atom stereocenters. The summed E-state index contributed by atoms with van der Waals surface area (Å²) in [6.07, 6.45) is 0.224. The van der Waals surface area contributed by atoms with Crippen molar-refractivity contribution in [2.24, 2.45) is 5.73 Å². The number of nitrogens with two attached hydrogens (primary N) is 1. The number of ether oxygens (including phenoxy) is 2. The molecule has 1 unspecified atom stereocenters. The third kappa shape index (κ3) is 4.09. The molecule has 0 radical (unpaired) electrons. The molecule has 3 aromatic rings. The Morgan fingerprint density at radius 3 is 2.62 bits per heavy atom. The first-order valence-corrected chi connectivity index (χ1v) is 11.0. The summed E-state index contributed by atoms with van der Waals surface area (Å²) in [7, 11) is 1.76. The number of hydrogen-bond donors (Lipinski definition) is 3. The number of nitrogens with one attached hydrogen (secondary N) is 1. The van der Waals surface area contributed by atoms with Crippen LogP contribution in [0, 0.1) is 11.6 Å². The largest absolute Gasteiger partial charge is 0.488 e. The van der Waals surface area contributed by atoms with Crippen LogP contribution in [0.1, 0.15) is 21.5 Å². The van der Waals surface area contributed by atoms with Crippen molar-refractivity contribution in [3.63, 3.8) is 0 Å². The summed E-state index contributed by atoms with van der Waals surface area (Å²) >= 11 is 6.39. The van der Waals surface area contributed by atoms with Gasteiger partial charge in [0.2, 0.25) is 5.91 Å². The molecule has 0 aromatic heterocycles. The van der Waals surface area contributed by atoms with Gasteiger partial charge in [0.15, 0.2) is 17.2 Å². The van der Waals surface area contributed by atoms with Crippen molar-refractivity contribution in [3.8, 4) is 22.6 Å². The number of carbonyl (C=O) groups is 1. The number of aliphatic hydroxyl groups is 1. The molecule has 6 nitrogen and oxygen atoms in total. The first kappa shape index (κ1) is 23.9. The Hall–Kier alpha value is -3.20. The molecule has 1 aliphatic heterocycles. The lowest BCUT2D eigenvalue weighted by Crippen LogP contribution is -2.41. The summed E-state index contributed by atoms with van der Waals surface area (Å²) in [5, 5.41) is 11.8. The average Bonchev–Trinajstić information content (AvgIpc) is 3.19. The molecule has 0 aliphatic carbocycles. The molecule has 178 valence electrons. The Morgan fingerprint density at radius 2 is 1.97 bits per heavy atom. The van der Waals surface area contributed by atoms with E-state index >= 15 is 4.39 Å². The Bertz CT molecular complexity index is 1240. The maximum absolute atomic E-state index is 15.7. The molecular weight excluding hydrogens is 466 g/mol. The van der Waals surface area contributed by atoms with E-state index in [1.807, 2.05) is 30.3 Å². The zero-order chi connectivity index (χ0) is 24.5. The Morgan fingerprint density at radius 1 is 1.24 bits per heavy atom. The topological polar surface area (TPSA) is 93.8 Å². The van der Waals surface area contributed by atoms with Crippen LogP contribution in [0.3, 0.4) is 0 Å². The highest BCUT2D eigenvalue weighted by atomic mass is 35.5. The van der Waals surface area contributed by atoms with Crippen molar-refractivity contribution in [1.82, 2.24) is 5.32 Å². The molecule has 1 aliphatic rings. The van der Waals surface area contributed by atoms with Crippen LogP contribution in [-0.2, 0) is 12.0 Å². The quantitative estimate of drug-likeness (QED) is 0.448. The van der Waals surface area contributed by atoms with Crippen LogP contribution in [0.2, 0.25) is 5.02 Å². The third-order valence-electron chi connectivity index (χ3n) is 5.79. The van der Waals surface area contributed by atoms with Crippen LogP contribution in [0.25, 0.3) is 11.1 Å².